The van der Waals surface area contributed by atoms with Gasteiger partial charge in [-0.15, -0.1) is 0 Å². The van der Waals surface area contributed by atoms with Crippen molar-refractivity contribution in [3.8, 4) is 0 Å². The molecule has 5 heteroatoms. The number of nitrogens with one attached hydrogen (secondary N) is 1. The Morgan fingerprint density at radius 2 is 1.91 bits per heavy atom. The van der Waals surface area contributed by atoms with Gasteiger partial charge in [-0.05, 0) is 56.4 Å². The number of anilines is 2. The van der Waals surface area contributed by atoms with E-state index in [0.717, 1.165) is 50.3 Å². The van der Waals surface area contributed by atoms with E-state index in [-0.39, 0.29) is 12.0 Å². The fraction of sp³-hybridized carbons (Fsp3) is 0.611. The summed E-state index contributed by atoms with van der Waals surface area (Å²) in [7, 11) is 0. The first-order chi connectivity index (χ1) is 11.1. The van der Waals surface area contributed by atoms with Crippen LogP contribution >= 0.6 is 0 Å². The highest BCUT2D eigenvalue weighted by Gasteiger charge is 2.19. The molecule has 1 amide bonds. The van der Waals surface area contributed by atoms with Crippen molar-refractivity contribution in [3.63, 3.8) is 0 Å². The predicted octanol–water partition coefficient (Wildman–Crippen LogP) is 1.99. The van der Waals surface area contributed by atoms with Gasteiger partial charge in [-0.25, -0.2) is 0 Å². The Balaban J connectivity index is 1.55. The highest BCUT2D eigenvalue weighted by molar-refractivity contribution is 5.93. The third-order valence-corrected chi connectivity index (χ3v) is 4.88. The highest BCUT2D eigenvalue weighted by Crippen LogP contribution is 2.25. The van der Waals surface area contributed by atoms with Crippen molar-refractivity contribution in [1.29, 1.82) is 0 Å². The molecule has 0 bridgehead atoms. The number of aliphatic hydroxyl groups is 1. The minimum atomic E-state index is -0.199. The molecular formula is C18H27N3O2. The zero-order valence-corrected chi connectivity index (χ0v) is 13.9. The summed E-state index contributed by atoms with van der Waals surface area (Å²) in [5, 5.41) is 12.5. The second-order valence-corrected chi connectivity index (χ2v) is 6.75. The van der Waals surface area contributed by atoms with Gasteiger partial charge in [0.05, 0.1) is 12.6 Å². The quantitative estimate of drug-likeness (QED) is 0.892. The van der Waals surface area contributed by atoms with E-state index in [2.05, 4.69) is 27.2 Å². The molecule has 2 aliphatic rings. The summed E-state index contributed by atoms with van der Waals surface area (Å²) in [4.78, 5) is 16.7. The molecule has 2 heterocycles. The number of benzene rings is 1. The molecule has 23 heavy (non-hydrogen) atoms. The van der Waals surface area contributed by atoms with Crippen molar-refractivity contribution < 1.29 is 9.90 Å². The van der Waals surface area contributed by atoms with Crippen LogP contribution in [0.1, 0.15) is 31.2 Å². The first-order valence-corrected chi connectivity index (χ1v) is 8.68. The van der Waals surface area contributed by atoms with Gasteiger partial charge in [-0.1, -0.05) is 0 Å². The number of rotatable bonds is 4. The second-order valence-electron chi connectivity index (χ2n) is 6.75. The average molecular weight is 317 g/mol. The lowest BCUT2D eigenvalue weighted by Gasteiger charge is -2.28. The zero-order valence-electron chi connectivity index (χ0n) is 13.9. The predicted molar refractivity (Wildman–Crippen MR) is 92.9 cm³/mol. The number of carbonyl (C=O) groups is 1. The zero-order chi connectivity index (χ0) is 16.2. The SMILES string of the molecule is Cc1cc(N2CCCC2)ccc1NC(=O)CN1CCC(O)CC1. The molecular weight excluding hydrogens is 290 g/mol. The summed E-state index contributed by atoms with van der Waals surface area (Å²) in [6.07, 6.45) is 3.85. The number of nitrogens with zero attached hydrogens (tertiary/aromatic N) is 2. The van der Waals surface area contributed by atoms with Gasteiger partial charge in [0, 0.05) is 37.6 Å². The number of carbonyl (C=O) groups excluding carboxylic acids is 1. The third kappa shape index (κ3) is 4.24. The van der Waals surface area contributed by atoms with E-state index in [9.17, 15) is 9.90 Å². The normalized spacial score (nSPS) is 20.0. The Hall–Kier alpha value is -1.59. The molecule has 2 fully saturated rings. The Kier molecular flexibility index (Phi) is 5.18. The summed E-state index contributed by atoms with van der Waals surface area (Å²) in [5.41, 5.74) is 3.26. The monoisotopic (exact) mass is 317 g/mol. The average Bonchev–Trinajstić information content (AvgIpc) is 3.06. The molecule has 2 N–H and O–H groups in total. The number of aliphatic hydroxyl groups excluding tert-OH is 1. The molecule has 1 aromatic rings. The van der Waals surface area contributed by atoms with Crippen molar-refractivity contribution >= 4 is 17.3 Å². The summed E-state index contributed by atoms with van der Waals surface area (Å²) >= 11 is 0. The Morgan fingerprint density at radius 1 is 1.22 bits per heavy atom. The van der Waals surface area contributed by atoms with Gasteiger partial charge in [0.25, 0.3) is 0 Å². The standard InChI is InChI=1S/C18H27N3O2/c1-14-12-15(21-8-2-3-9-21)4-5-17(14)19-18(23)13-20-10-6-16(22)7-11-20/h4-5,12,16,22H,2-3,6-11,13H2,1H3,(H,19,23). The van der Waals surface area contributed by atoms with Crippen molar-refractivity contribution in [3.05, 3.63) is 23.8 Å². The van der Waals surface area contributed by atoms with Crippen LogP contribution in [0.3, 0.4) is 0 Å². The molecule has 0 spiro atoms. The van der Waals surface area contributed by atoms with Gasteiger partial charge < -0.3 is 15.3 Å². The van der Waals surface area contributed by atoms with Crippen LogP contribution < -0.4 is 10.2 Å². The van der Waals surface area contributed by atoms with Gasteiger partial charge in [0.15, 0.2) is 0 Å². The van der Waals surface area contributed by atoms with Crippen LogP contribution in [0.2, 0.25) is 0 Å². The first kappa shape index (κ1) is 16.3. The molecule has 3 rings (SSSR count). The van der Waals surface area contributed by atoms with Gasteiger partial charge in [0.1, 0.15) is 0 Å². The van der Waals surface area contributed by atoms with Gasteiger partial charge in [0.2, 0.25) is 5.91 Å². The Morgan fingerprint density at radius 3 is 2.57 bits per heavy atom. The maximum atomic E-state index is 12.2. The summed E-state index contributed by atoms with van der Waals surface area (Å²) in [6.45, 7) is 6.30. The molecule has 5 nitrogen and oxygen atoms in total. The molecule has 126 valence electrons. The van der Waals surface area contributed by atoms with E-state index >= 15 is 0 Å². The van der Waals surface area contributed by atoms with Crippen molar-refractivity contribution in [2.45, 2.75) is 38.7 Å². The van der Waals surface area contributed by atoms with Gasteiger partial charge >= 0.3 is 0 Å². The maximum Gasteiger partial charge on any atom is 0.238 e. The van der Waals surface area contributed by atoms with Gasteiger partial charge in [-0.2, -0.15) is 0 Å². The molecule has 0 aliphatic carbocycles. The van der Waals surface area contributed by atoms with Crippen LogP contribution in [-0.4, -0.2) is 54.7 Å². The molecule has 2 saturated heterocycles. The van der Waals surface area contributed by atoms with E-state index in [1.165, 1.54) is 18.5 Å². The van der Waals surface area contributed by atoms with Crippen molar-refractivity contribution in [2.75, 3.05) is 42.9 Å². The number of amides is 1. The van der Waals surface area contributed by atoms with Crippen LogP contribution in [-0.2, 0) is 4.79 Å². The lowest BCUT2D eigenvalue weighted by atomic mass is 10.1. The fourth-order valence-electron chi connectivity index (χ4n) is 3.43. The molecule has 0 radical (unpaired) electrons. The van der Waals surface area contributed by atoms with Crippen molar-refractivity contribution in [2.24, 2.45) is 0 Å². The van der Waals surface area contributed by atoms with E-state index in [0.29, 0.717) is 6.54 Å². The molecule has 0 atom stereocenters. The minimum Gasteiger partial charge on any atom is -0.393 e. The smallest absolute Gasteiger partial charge is 0.238 e. The number of aryl methyl sites for hydroxylation is 1. The molecule has 1 aromatic carbocycles. The van der Waals surface area contributed by atoms with E-state index in [1.54, 1.807) is 0 Å². The molecule has 0 aromatic heterocycles. The van der Waals surface area contributed by atoms with Crippen LogP contribution in [0, 0.1) is 6.92 Å². The lowest BCUT2D eigenvalue weighted by molar-refractivity contribution is -0.117. The third-order valence-electron chi connectivity index (χ3n) is 4.88. The van der Waals surface area contributed by atoms with Crippen LogP contribution in [0.4, 0.5) is 11.4 Å². The number of likely N-dealkylation sites (tertiary alicyclic amines) is 1. The molecule has 2 aliphatic heterocycles. The summed E-state index contributed by atoms with van der Waals surface area (Å²) in [6, 6.07) is 6.28. The number of hydrogen-bond donors (Lipinski definition) is 2. The highest BCUT2D eigenvalue weighted by atomic mass is 16.3. The van der Waals surface area contributed by atoms with E-state index in [1.807, 2.05) is 13.0 Å². The van der Waals surface area contributed by atoms with Crippen LogP contribution in [0.5, 0.6) is 0 Å². The Labute approximate surface area is 138 Å². The lowest BCUT2D eigenvalue weighted by Crippen LogP contribution is -2.40. The summed E-state index contributed by atoms with van der Waals surface area (Å²) < 4.78 is 0. The number of hydrogen-bond acceptors (Lipinski definition) is 4. The van der Waals surface area contributed by atoms with Crippen molar-refractivity contribution in [1.82, 2.24) is 4.90 Å². The molecule has 0 saturated carbocycles. The summed E-state index contributed by atoms with van der Waals surface area (Å²) in [5.74, 6) is 0.0263. The maximum absolute atomic E-state index is 12.2. The van der Waals surface area contributed by atoms with Crippen LogP contribution in [0.25, 0.3) is 0 Å². The van der Waals surface area contributed by atoms with E-state index in [4.69, 9.17) is 0 Å². The van der Waals surface area contributed by atoms with Crippen LogP contribution in [0.15, 0.2) is 18.2 Å². The topological polar surface area (TPSA) is 55.8 Å². The minimum absolute atomic E-state index is 0.0263. The largest absolute Gasteiger partial charge is 0.393 e. The number of piperidine rings is 1. The first-order valence-electron chi connectivity index (χ1n) is 8.68. The Bertz CT molecular complexity index is 547. The fourth-order valence-corrected chi connectivity index (χ4v) is 3.43. The second kappa shape index (κ2) is 7.32. The van der Waals surface area contributed by atoms with Gasteiger partial charge in [-0.3, -0.25) is 9.69 Å². The molecule has 0 unspecified atom stereocenters. The van der Waals surface area contributed by atoms with E-state index < -0.39 is 0 Å².